The maximum atomic E-state index is 12.1. The van der Waals surface area contributed by atoms with Crippen molar-refractivity contribution < 1.29 is 4.79 Å². The van der Waals surface area contributed by atoms with Gasteiger partial charge in [-0.2, -0.15) is 0 Å². The highest BCUT2D eigenvalue weighted by atomic mass is 35.5. The molecule has 0 radical (unpaired) electrons. The van der Waals surface area contributed by atoms with E-state index < -0.39 is 0 Å². The summed E-state index contributed by atoms with van der Waals surface area (Å²) < 4.78 is 0. The fourth-order valence-corrected chi connectivity index (χ4v) is 2.69. The van der Waals surface area contributed by atoms with Crippen molar-refractivity contribution in [3.8, 4) is 0 Å². The molecule has 0 bridgehead atoms. The van der Waals surface area contributed by atoms with Gasteiger partial charge in [-0.3, -0.25) is 4.79 Å². The number of carbonyl (C=O) groups is 1. The predicted molar refractivity (Wildman–Crippen MR) is 101 cm³/mol. The smallest absolute Gasteiger partial charge is 0.238 e. The van der Waals surface area contributed by atoms with Crippen LogP contribution in [0.1, 0.15) is 17.2 Å². The quantitative estimate of drug-likeness (QED) is 0.807. The number of aryl methyl sites for hydroxylation is 1. The van der Waals surface area contributed by atoms with Crippen molar-refractivity contribution in [3.05, 3.63) is 64.7 Å². The van der Waals surface area contributed by atoms with Gasteiger partial charge in [0.15, 0.2) is 0 Å². The van der Waals surface area contributed by atoms with Crippen molar-refractivity contribution >= 4 is 23.2 Å². The Balaban J connectivity index is 1.88. The van der Waals surface area contributed by atoms with Gasteiger partial charge in [0, 0.05) is 23.3 Å². The van der Waals surface area contributed by atoms with Gasteiger partial charge >= 0.3 is 0 Å². The molecule has 5 heteroatoms. The van der Waals surface area contributed by atoms with Crippen LogP contribution in [0.2, 0.25) is 5.02 Å². The highest BCUT2D eigenvalue weighted by molar-refractivity contribution is 6.31. The third-order valence-electron chi connectivity index (χ3n) is 3.90. The molecule has 1 atom stereocenters. The van der Waals surface area contributed by atoms with Gasteiger partial charge in [0.05, 0.1) is 6.54 Å². The SMILES string of the molecule is Cc1ccc(Cl)cc1NC(=O)CNC[C@H](c1ccccc1)N(C)C. The molecule has 0 aliphatic carbocycles. The zero-order chi connectivity index (χ0) is 17.5. The number of carbonyl (C=O) groups excluding carboxylic acids is 1. The van der Waals surface area contributed by atoms with Gasteiger partial charge < -0.3 is 15.5 Å². The third kappa shape index (κ3) is 5.34. The van der Waals surface area contributed by atoms with Gasteiger partial charge in [-0.15, -0.1) is 0 Å². The van der Waals surface area contributed by atoms with Crippen molar-refractivity contribution in [2.45, 2.75) is 13.0 Å². The summed E-state index contributed by atoms with van der Waals surface area (Å²) in [4.78, 5) is 14.3. The van der Waals surface area contributed by atoms with Gasteiger partial charge in [-0.25, -0.2) is 0 Å². The van der Waals surface area contributed by atoms with Crippen LogP contribution in [0.5, 0.6) is 0 Å². The maximum Gasteiger partial charge on any atom is 0.238 e. The van der Waals surface area contributed by atoms with Crippen LogP contribution in [0, 0.1) is 6.92 Å². The highest BCUT2D eigenvalue weighted by Gasteiger charge is 2.14. The molecule has 0 aromatic heterocycles. The van der Waals surface area contributed by atoms with E-state index in [-0.39, 0.29) is 18.5 Å². The molecular weight excluding hydrogens is 322 g/mol. The lowest BCUT2D eigenvalue weighted by atomic mass is 10.1. The molecule has 0 unspecified atom stereocenters. The molecule has 128 valence electrons. The third-order valence-corrected chi connectivity index (χ3v) is 4.14. The number of likely N-dealkylation sites (N-methyl/N-ethyl adjacent to an activating group) is 1. The minimum Gasteiger partial charge on any atom is -0.325 e. The number of hydrogen-bond acceptors (Lipinski definition) is 3. The molecule has 2 rings (SSSR count). The molecular formula is C19H24ClN3O. The van der Waals surface area contributed by atoms with Crippen LogP contribution < -0.4 is 10.6 Å². The zero-order valence-electron chi connectivity index (χ0n) is 14.3. The monoisotopic (exact) mass is 345 g/mol. The fourth-order valence-electron chi connectivity index (χ4n) is 2.52. The van der Waals surface area contributed by atoms with E-state index >= 15 is 0 Å². The Morgan fingerprint density at radius 1 is 1.17 bits per heavy atom. The molecule has 24 heavy (non-hydrogen) atoms. The zero-order valence-corrected chi connectivity index (χ0v) is 15.1. The Labute approximate surface area is 148 Å². The Hall–Kier alpha value is -1.88. The maximum absolute atomic E-state index is 12.1. The summed E-state index contributed by atoms with van der Waals surface area (Å²) in [6.07, 6.45) is 0. The molecule has 0 aliphatic rings. The topological polar surface area (TPSA) is 44.4 Å². The molecule has 2 aromatic rings. The molecule has 0 saturated heterocycles. The first-order chi connectivity index (χ1) is 11.5. The van der Waals surface area contributed by atoms with Gasteiger partial charge in [-0.1, -0.05) is 48.0 Å². The van der Waals surface area contributed by atoms with E-state index in [9.17, 15) is 4.79 Å². The summed E-state index contributed by atoms with van der Waals surface area (Å²) in [5.74, 6) is -0.0778. The number of benzene rings is 2. The van der Waals surface area contributed by atoms with Crippen LogP contribution in [-0.2, 0) is 4.79 Å². The number of anilines is 1. The number of halogens is 1. The Morgan fingerprint density at radius 3 is 2.54 bits per heavy atom. The molecule has 0 saturated carbocycles. The Bertz CT molecular complexity index is 674. The lowest BCUT2D eigenvalue weighted by molar-refractivity contribution is -0.115. The second-order valence-corrected chi connectivity index (χ2v) is 6.46. The van der Waals surface area contributed by atoms with Crippen LogP contribution in [0.3, 0.4) is 0 Å². The summed E-state index contributed by atoms with van der Waals surface area (Å²) in [7, 11) is 4.07. The fraction of sp³-hybridized carbons (Fsp3) is 0.316. The summed E-state index contributed by atoms with van der Waals surface area (Å²) >= 11 is 5.98. The van der Waals surface area contributed by atoms with Crippen LogP contribution in [0.25, 0.3) is 0 Å². The first kappa shape index (κ1) is 18.5. The average Bonchev–Trinajstić information content (AvgIpc) is 2.55. The van der Waals surface area contributed by atoms with E-state index in [2.05, 4.69) is 27.7 Å². The van der Waals surface area contributed by atoms with Crippen molar-refractivity contribution in [2.75, 3.05) is 32.5 Å². The van der Waals surface area contributed by atoms with Gasteiger partial charge in [0.2, 0.25) is 5.91 Å². The molecule has 0 fully saturated rings. The lowest BCUT2D eigenvalue weighted by Gasteiger charge is -2.25. The number of nitrogens with zero attached hydrogens (tertiary/aromatic N) is 1. The van der Waals surface area contributed by atoms with Crippen molar-refractivity contribution in [2.24, 2.45) is 0 Å². The molecule has 4 nitrogen and oxygen atoms in total. The van der Waals surface area contributed by atoms with Gasteiger partial charge in [0.1, 0.15) is 0 Å². The summed E-state index contributed by atoms with van der Waals surface area (Å²) in [6, 6.07) is 15.9. The molecule has 0 spiro atoms. The molecule has 2 aromatic carbocycles. The normalized spacial score (nSPS) is 12.2. The second kappa shape index (κ2) is 8.83. The van der Waals surface area contributed by atoms with E-state index in [1.807, 2.05) is 51.4 Å². The Kier molecular flexibility index (Phi) is 6.79. The van der Waals surface area contributed by atoms with Crippen molar-refractivity contribution in [1.29, 1.82) is 0 Å². The molecule has 0 aliphatic heterocycles. The van der Waals surface area contributed by atoms with Crippen LogP contribution in [0.4, 0.5) is 5.69 Å². The predicted octanol–water partition coefficient (Wildman–Crippen LogP) is 3.48. The Morgan fingerprint density at radius 2 is 1.88 bits per heavy atom. The number of nitrogens with one attached hydrogen (secondary N) is 2. The summed E-state index contributed by atoms with van der Waals surface area (Å²) in [5, 5.41) is 6.74. The molecule has 2 N–H and O–H groups in total. The van der Waals surface area contributed by atoms with E-state index in [4.69, 9.17) is 11.6 Å². The first-order valence-electron chi connectivity index (χ1n) is 7.95. The van der Waals surface area contributed by atoms with E-state index in [0.717, 1.165) is 11.3 Å². The van der Waals surface area contributed by atoms with Crippen LogP contribution in [0.15, 0.2) is 48.5 Å². The van der Waals surface area contributed by atoms with Crippen molar-refractivity contribution in [1.82, 2.24) is 10.2 Å². The van der Waals surface area contributed by atoms with E-state index in [1.165, 1.54) is 5.56 Å². The lowest BCUT2D eigenvalue weighted by Crippen LogP contribution is -2.35. The van der Waals surface area contributed by atoms with Crippen LogP contribution in [-0.4, -0.2) is 38.0 Å². The number of amides is 1. The van der Waals surface area contributed by atoms with Crippen molar-refractivity contribution in [3.63, 3.8) is 0 Å². The van der Waals surface area contributed by atoms with E-state index in [1.54, 1.807) is 6.07 Å². The summed E-state index contributed by atoms with van der Waals surface area (Å²) in [6.45, 7) is 2.89. The second-order valence-electron chi connectivity index (χ2n) is 6.03. The van der Waals surface area contributed by atoms with Gasteiger partial charge in [0.25, 0.3) is 0 Å². The largest absolute Gasteiger partial charge is 0.325 e. The summed E-state index contributed by atoms with van der Waals surface area (Å²) in [5.41, 5.74) is 2.96. The van der Waals surface area contributed by atoms with E-state index in [0.29, 0.717) is 11.6 Å². The first-order valence-corrected chi connectivity index (χ1v) is 8.33. The van der Waals surface area contributed by atoms with Gasteiger partial charge in [-0.05, 0) is 44.3 Å². The minimum atomic E-state index is -0.0778. The molecule has 1 amide bonds. The average molecular weight is 346 g/mol. The number of hydrogen-bond donors (Lipinski definition) is 2. The molecule has 0 heterocycles. The highest BCUT2D eigenvalue weighted by Crippen LogP contribution is 2.20. The standard InChI is InChI=1S/C19H24ClN3O/c1-14-9-10-16(20)11-17(14)22-19(24)13-21-12-18(23(2)3)15-7-5-4-6-8-15/h4-11,18,21H,12-13H2,1-3H3,(H,22,24)/t18-/m1/s1. The number of rotatable bonds is 7. The van der Waals surface area contributed by atoms with Crippen LogP contribution >= 0.6 is 11.6 Å². The minimum absolute atomic E-state index is 0.0778.